The quantitative estimate of drug-likeness (QED) is 0.843. The van der Waals surface area contributed by atoms with Crippen molar-refractivity contribution in [3.63, 3.8) is 0 Å². The monoisotopic (exact) mass is 311 g/mol. The van der Waals surface area contributed by atoms with E-state index < -0.39 is 0 Å². The first-order chi connectivity index (χ1) is 11.0. The molecule has 0 radical (unpaired) electrons. The van der Waals surface area contributed by atoms with Gasteiger partial charge in [0.15, 0.2) is 0 Å². The molecule has 1 aliphatic rings. The zero-order valence-electron chi connectivity index (χ0n) is 13.5. The summed E-state index contributed by atoms with van der Waals surface area (Å²) in [5, 5.41) is 0. The third kappa shape index (κ3) is 3.35. The van der Waals surface area contributed by atoms with E-state index in [1.165, 1.54) is 0 Å². The predicted octanol–water partition coefficient (Wildman–Crippen LogP) is 1.44. The molecule has 0 unspecified atom stereocenters. The van der Waals surface area contributed by atoms with Gasteiger partial charge in [-0.2, -0.15) is 0 Å². The number of hydrogen-bond donors (Lipinski definition) is 0. The van der Waals surface area contributed by atoms with Crippen LogP contribution in [0.5, 0.6) is 0 Å². The van der Waals surface area contributed by atoms with Crippen molar-refractivity contribution in [1.82, 2.24) is 14.4 Å². The molecule has 2 aromatic rings. The molecule has 120 valence electrons. The SMILES string of the molecule is CN1CCN(C(=O)c2ccc(-c3ccc(=O)n(C)c3)cc2)CC1. The summed E-state index contributed by atoms with van der Waals surface area (Å²) >= 11 is 0. The number of hydrogen-bond acceptors (Lipinski definition) is 3. The van der Waals surface area contributed by atoms with Gasteiger partial charge >= 0.3 is 0 Å². The van der Waals surface area contributed by atoms with E-state index in [-0.39, 0.29) is 11.5 Å². The maximum absolute atomic E-state index is 12.5. The number of nitrogens with zero attached hydrogens (tertiary/aromatic N) is 3. The van der Waals surface area contributed by atoms with Crippen LogP contribution in [-0.2, 0) is 7.05 Å². The van der Waals surface area contributed by atoms with Gasteiger partial charge in [-0.1, -0.05) is 12.1 Å². The Bertz CT molecular complexity index is 757. The van der Waals surface area contributed by atoms with Crippen LogP contribution >= 0.6 is 0 Å². The second kappa shape index (κ2) is 6.38. The van der Waals surface area contributed by atoms with Crippen LogP contribution < -0.4 is 5.56 Å². The number of pyridine rings is 1. The van der Waals surface area contributed by atoms with E-state index in [1.54, 1.807) is 29.9 Å². The predicted molar refractivity (Wildman–Crippen MR) is 90.5 cm³/mol. The molecule has 5 heteroatoms. The van der Waals surface area contributed by atoms with Crippen molar-refractivity contribution in [2.24, 2.45) is 7.05 Å². The van der Waals surface area contributed by atoms with Gasteiger partial charge in [-0.15, -0.1) is 0 Å². The number of benzene rings is 1. The lowest BCUT2D eigenvalue weighted by atomic mass is 10.0. The molecule has 1 fully saturated rings. The molecular formula is C18H21N3O2. The Hall–Kier alpha value is -2.40. The fourth-order valence-electron chi connectivity index (χ4n) is 2.76. The maximum atomic E-state index is 12.5. The van der Waals surface area contributed by atoms with E-state index in [0.29, 0.717) is 5.56 Å². The summed E-state index contributed by atoms with van der Waals surface area (Å²) in [4.78, 5) is 28.1. The molecule has 1 aromatic heterocycles. The normalized spacial score (nSPS) is 15.7. The van der Waals surface area contributed by atoms with Crippen LogP contribution in [0, 0.1) is 0 Å². The largest absolute Gasteiger partial charge is 0.336 e. The van der Waals surface area contributed by atoms with Crippen molar-refractivity contribution in [3.8, 4) is 11.1 Å². The lowest BCUT2D eigenvalue weighted by Crippen LogP contribution is -2.47. The highest BCUT2D eigenvalue weighted by molar-refractivity contribution is 5.94. The lowest BCUT2D eigenvalue weighted by Gasteiger charge is -2.32. The highest BCUT2D eigenvalue weighted by Gasteiger charge is 2.20. The number of aromatic nitrogens is 1. The smallest absolute Gasteiger partial charge is 0.253 e. The molecule has 1 saturated heterocycles. The summed E-state index contributed by atoms with van der Waals surface area (Å²) in [6.45, 7) is 3.39. The van der Waals surface area contributed by atoms with Gasteiger partial charge < -0.3 is 14.4 Å². The molecule has 0 aliphatic carbocycles. The van der Waals surface area contributed by atoms with E-state index >= 15 is 0 Å². The average molecular weight is 311 g/mol. The van der Waals surface area contributed by atoms with Crippen molar-refractivity contribution in [2.45, 2.75) is 0 Å². The van der Waals surface area contributed by atoms with Gasteiger partial charge in [-0.05, 0) is 36.4 Å². The van der Waals surface area contributed by atoms with Crippen molar-refractivity contribution in [3.05, 3.63) is 58.5 Å². The Morgan fingerprint density at radius 1 is 0.870 bits per heavy atom. The number of aryl methyl sites for hydroxylation is 1. The van der Waals surface area contributed by atoms with Gasteiger partial charge in [-0.3, -0.25) is 9.59 Å². The molecule has 0 bridgehead atoms. The van der Waals surface area contributed by atoms with Crippen LogP contribution in [-0.4, -0.2) is 53.5 Å². The van der Waals surface area contributed by atoms with Crippen LogP contribution in [0.1, 0.15) is 10.4 Å². The Morgan fingerprint density at radius 3 is 2.09 bits per heavy atom. The molecule has 3 rings (SSSR count). The summed E-state index contributed by atoms with van der Waals surface area (Å²) < 4.78 is 1.55. The minimum absolute atomic E-state index is 0.0318. The van der Waals surface area contributed by atoms with Crippen LogP contribution in [0.15, 0.2) is 47.4 Å². The second-order valence-electron chi connectivity index (χ2n) is 6.04. The number of carbonyl (C=O) groups excluding carboxylic acids is 1. The molecule has 0 saturated carbocycles. The molecule has 1 aliphatic heterocycles. The topological polar surface area (TPSA) is 45.6 Å². The van der Waals surface area contributed by atoms with E-state index in [4.69, 9.17) is 0 Å². The zero-order valence-corrected chi connectivity index (χ0v) is 13.5. The Kier molecular flexibility index (Phi) is 4.30. The molecule has 23 heavy (non-hydrogen) atoms. The molecular weight excluding hydrogens is 290 g/mol. The van der Waals surface area contributed by atoms with Gasteiger partial charge in [0.1, 0.15) is 0 Å². The molecule has 1 amide bonds. The van der Waals surface area contributed by atoms with Crippen LogP contribution in [0.2, 0.25) is 0 Å². The molecule has 0 spiro atoms. The van der Waals surface area contributed by atoms with Gasteiger partial charge in [0.05, 0.1) is 0 Å². The summed E-state index contributed by atoms with van der Waals surface area (Å²) in [5.41, 5.74) is 2.64. The first kappa shape index (κ1) is 15.5. The Labute approximate surface area is 135 Å². The molecule has 0 atom stereocenters. The highest BCUT2D eigenvalue weighted by atomic mass is 16.2. The maximum Gasteiger partial charge on any atom is 0.253 e. The minimum atomic E-state index is -0.0318. The Morgan fingerprint density at radius 2 is 1.48 bits per heavy atom. The van der Waals surface area contributed by atoms with E-state index in [0.717, 1.165) is 37.3 Å². The average Bonchev–Trinajstić information content (AvgIpc) is 2.57. The fraction of sp³-hybridized carbons (Fsp3) is 0.333. The van der Waals surface area contributed by atoms with Crippen LogP contribution in [0.4, 0.5) is 0 Å². The van der Waals surface area contributed by atoms with Crippen molar-refractivity contribution < 1.29 is 4.79 Å². The lowest BCUT2D eigenvalue weighted by molar-refractivity contribution is 0.0664. The number of piperazine rings is 1. The molecule has 5 nitrogen and oxygen atoms in total. The van der Waals surface area contributed by atoms with Crippen molar-refractivity contribution in [1.29, 1.82) is 0 Å². The number of amides is 1. The van der Waals surface area contributed by atoms with Gasteiger partial charge in [0, 0.05) is 51.1 Å². The third-order valence-corrected chi connectivity index (χ3v) is 4.34. The zero-order chi connectivity index (χ0) is 16.4. The highest BCUT2D eigenvalue weighted by Crippen LogP contribution is 2.19. The fourth-order valence-corrected chi connectivity index (χ4v) is 2.76. The second-order valence-corrected chi connectivity index (χ2v) is 6.04. The van der Waals surface area contributed by atoms with E-state index in [9.17, 15) is 9.59 Å². The van der Waals surface area contributed by atoms with Crippen LogP contribution in [0.25, 0.3) is 11.1 Å². The summed E-state index contributed by atoms with van der Waals surface area (Å²) in [6, 6.07) is 11.0. The van der Waals surface area contributed by atoms with E-state index in [1.807, 2.05) is 29.2 Å². The first-order valence-corrected chi connectivity index (χ1v) is 7.79. The third-order valence-electron chi connectivity index (χ3n) is 4.34. The summed E-state index contributed by atoms with van der Waals surface area (Å²) in [5.74, 6) is 0.0881. The molecule has 0 N–H and O–H groups in total. The minimum Gasteiger partial charge on any atom is -0.336 e. The Balaban J connectivity index is 1.77. The summed E-state index contributed by atoms with van der Waals surface area (Å²) in [6.07, 6.45) is 1.81. The molecule has 2 heterocycles. The van der Waals surface area contributed by atoms with Gasteiger partial charge in [0.2, 0.25) is 5.56 Å². The standard InChI is InChI=1S/C18H21N3O2/c1-19-9-11-21(12-10-19)18(23)15-5-3-14(4-6-15)16-7-8-17(22)20(2)13-16/h3-8,13H,9-12H2,1-2H3. The summed E-state index contributed by atoms with van der Waals surface area (Å²) in [7, 11) is 3.81. The van der Waals surface area contributed by atoms with Gasteiger partial charge in [-0.25, -0.2) is 0 Å². The van der Waals surface area contributed by atoms with Crippen molar-refractivity contribution in [2.75, 3.05) is 33.2 Å². The first-order valence-electron chi connectivity index (χ1n) is 7.79. The number of rotatable bonds is 2. The van der Waals surface area contributed by atoms with Gasteiger partial charge in [0.25, 0.3) is 5.91 Å². The van der Waals surface area contributed by atoms with E-state index in [2.05, 4.69) is 11.9 Å². The molecule has 1 aromatic carbocycles. The van der Waals surface area contributed by atoms with Crippen molar-refractivity contribution >= 4 is 5.91 Å². The van der Waals surface area contributed by atoms with Crippen LogP contribution in [0.3, 0.4) is 0 Å². The number of carbonyl (C=O) groups is 1. The number of likely N-dealkylation sites (N-methyl/N-ethyl adjacent to an activating group) is 1.